The maximum atomic E-state index is 9.46. The molecule has 0 bridgehead atoms. The summed E-state index contributed by atoms with van der Waals surface area (Å²) in [5.74, 6) is -0.114. The van der Waals surface area contributed by atoms with Gasteiger partial charge in [-0.05, 0) is 24.6 Å². The van der Waals surface area contributed by atoms with Crippen molar-refractivity contribution in [3.05, 3.63) is 17.7 Å². The van der Waals surface area contributed by atoms with Crippen LogP contribution < -0.4 is 10.5 Å². The van der Waals surface area contributed by atoms with Gasteiger partial charge in [-0.25, -0.2) is 0 Å². The molecule has 0 radical (unpaired) electrons. The zero-order valence-electron chi connectivity index (χ0n) is 7.45. The summed E-state index contributed by atoms with van der Waals surface area (Å²) in [6.45, 7) is 0.430. The Hall–Kier alpha value is -1.42. The third-order valence-electron chi connectivity index (χ3n) is 1.83. The van der Waals surface area contributed by atoms with Crippen LogP contribution >= 0.6 is 0 Å². The molecule has 0 saturated heterocycles. The predicted molar refractivity (Wildman–Crippen MR) is 49.1 cm³/mol. The molecule has 0 unspecified atom stereocenters. The fourth-order valence-electron chi connectivity index (χ4n) is 1.12. The number of benzene rings is 1. The normalized spacial score (nSPS) is 10.0. The molecule has 0 aliphatic rings. The van der Waals surface area contributed by atoms with E-state index < -0.39 is 0 Å². The molecular formula is C9H13NO3. The highest BCUT2D eigenvalue weighted by Crippen LogP contribution is 2.37. The number of rotatable bonds is 3. The summed E-state index contributed by atoms with van der Waals surface area (Å²) in [6.07, 6.45) is 0.531. The van der Waals surface area contributed by atoms with Gasteiger partial charge in [-0.1, -0.05) is 6.07 Å². The van der Waals surface area contributed by atoms with Gasteiger partial charge in [0.25, 0.3) is 0 Å². The number of hydrogen-bond donors (Lipinski definition) is 3. The Kier molecular flexibility index (Phi) is 2.97. The van der Waals surface area contributed by atoms with E-state index in [0.29, 0.717) is 18.5 Å². The zero-order chi connectivity index (χ0) is 9.84. The topological polar surface area (TPSA) is 75.7 Å². The maximum Gasteiger partial charge on any atom is 0.200 e. The summed E-state index contributed by atoms with van der Waals surface area (Å²) in [6, 6.07) is 3.28. The van der Waals surface area contributed by atoms with Crippen LogP contribution in [-0.4, -0.2) is 23.9 Å². The molecule has 4 N–H and O–H groups in total. The summed E-state index contributed by atoms with van der Waals surface area (Å²) < 4.78 is 4.82. The molecule has 0 saturated carbocycles. The fourth-order valence-corrected chi connectivity index (χ4v) is 1.12. The lowest BCUT2D eigenvalue weighted by molar-refractivity contribution is 0.349. The number of phenols is 2. The van der Waals surface area contributed by atoms with Gasteiger partial charge in [0.1, 0.15) is 0 Å². The van der Waals surface area contributed by atoms with Gasteiger partial charge in [-0.15, -0.1) is 0 Å². The number of hydrogen-bond acceptors (Lipinski definition) is 4. The van der Waals surface area contributed by atoms with E-state index in [9.17, 15) is 10.2 Å². The number of methoxy groups -OCH3 is 1. The van der Waals surface area contributed by atoms with E-state index in [1.165, 1.54) is 7.11 Å². The number of ether oxygens (including phenoxy) is 1. The van der Waals surface area contributed by atoms with Gasteiger partial charge in [-0.3, -0.25) is 0 Å². The van der Waals surface area contributed by atoms with Crippen molar-refractivity contribution in [2.45, 2.75) is 6.42 Å². The van der Waals surface area contributed by atoms with Crippen LogP contribution in [0.2, 0.25) is 0 Å². The molecule has 1 aromatic carbocycles. The molecule has 1 aromatic rings. The first-order valence-electron chi connectivity index (χ1n) is 3.98. The third kappa shape index (κ3) is 1.84. The molecule has 0 aliphatic heterocycles. The van der Waals surface area contributed by atoms with Crippen molar-refractivity contribution in [3.63, 3.8) is 0 Å². The number of nitrogens with two attached hydrogens (primary N) is 1. The minimum absolute atomic E-state index is 0.148. The van der Waals surface area contributed by atoms with E-state index in [-0.39, 0.29) is 17.2 Å². The summed E-state index contributed by atoms with van der Waals surface area (Å²) in [4.78, 5) is 0. The summed E-state index contributed by atoms with van der Waals surface area (Å²) in [5.41, 5.74) is 5.95. The highest BCUT2D eigenvalue weighted by atomic mass is 16.5. The van der Waals surface area contributed by atoms with Crippen molar-refractivity contribution < 1.29 is 14.9 Å². The Labute approximate surface area is 76.6 Å². The Bertz CT molecular complexity index is 299. The first-order valence-corrected chi connectivity index (χ1v) is 3.98. The lowest BCUT2D eigenvalue weighted by atomic mass is 10.1. The SMILES string of the molecule is COc1ccc(CCN)c(O)c1O. The van der Waals surface area contributed by atoms with Gasteiger partial charge in [0.2, 0.25) is 5.75 Å². The molecular weight excluding hydrogens is 170 g/mol. The highest BCUT2D eigenvalue weighted by molar-refractivity contribution is 5.53. The third-order valence-corrected chi connectivity index (χ3v) is 1.83. The largest absolute Gasteiger partial charge is 0.504 e. The molecule has 4 nitrogen and oxygen atoms in total. The lowest BCUT2D eigenvalue weighted by Gasteiger charge is -2.08. The zero-order valence-corrected chi connectivity index (χ0v) is 7.45. The van der Waals surface area contributed by atoms with Gasteiger partial charge in [-0.2, -0.15) is 0 Å². The van der Waals surface area contributed by atoms with E-state index in [4.69, 9.17) is 10.5 Å². The number of aromatic hydroxyl groups is 2. The monoisotopic (exact) mass is 183 g/mol. The lowest BCUT2D eigenvalue weighted by Crippen LogP contribution is -2.02. The predicted octanol–water partition coefficient (Wildman–Crippen LogP) is 0.608. The van der Waals surface area contributed by atoms with Gasteiger partial charge in [0, 0.05) is 0 Å². The Balaban J connectivity index is 3.07. The van der Waals surface area contributed by atoms with Crippen LogP contribution in [0.15, 0.2) is 12.1 Å². The Morgan fingerprint density at radius 3 is 2.54 bits per heavy atom. The Morgan fingerprint density at radius 2 is 2.00 bits per heavy atom. The quantitative estimate of drug-likeness (QED) is 0.600. The fraction of sp³-hybridized carbons (Fsp3) is 0.333. The van der Waals surface area contributed by atoms with Gasteiger partial charge in [0.05, 0.1) is 7.11 Å². The van der Waals surface area contributed by atoms with Crippen LogP contribution in [-0.2, 0) is 6.42 Å². The first-order chi connectivity index (χ1) is 6.20. The summed E-state index contributed by atoms with van der Waals surface area (Å²) in [7, 11) is 1.43. The second-order valence-corrected chi connectivity index (χ2v) is 2.66. The van der Waals surface area contributed by atoms with Crippen LogP contribution in [0.5, 0.6) is 17.2 Å². The molecule has 0 amide bonds. The highest BCUT2D eigenvalue weighted by Gasteiger charge is 2.10. The summed E-state index contributed by atoms with van der Waals surface area (Å²) in [5, 5.41) is 18.8. The second-order valence-electron chi connectivity index (χ2n) is 2.66. The average Bonchev–Trinajstić information content (AvgIpc) is 2.14. The van der Waals surface area contributed by atoms with E-state index >= 15 is 0 Å². The number of phenolic OH excluding ortho intramolecular Hbond substituents is 2. The molecule has 72 valence electrons. The molecule has 13 heavy (non-hydrogen) atoms. The molecule has 0 spiro atoms. The van der Waals surface area contributed by atoms with Crippen LogP contribution in [0, 0.1) is 0 Å². The molecule has 0 heterocycles. The minimum atomic E-state index is -0.228. The van der Waals surface area contributed by atoms with Crippen molar-refractivity contribution in [3.8, 4) is 17.2 Å². The Morgan fingerprint density at radius 1 is 1.31 bits per heavy atom. The van der Waals surface area contributed by atoms with Crippen molar-refractivity contribution in [2.24, 2.45) is 5.73 Å². The van der Waals surface area contributed by atoms with Crippen molar-refractivity contribution in [1.29, 1.82) is 0 Å². The second kappa shape index (κ2) is 4.00. The van der Waals surface area contributed by atoms with Crippen molar-refractivity contribution >= 4 is 0 Å². The van der Waals surface area contributed by atoms with Crippen molar-refractivity contribution in [1.82, 2.24) is 0 Å². The molecule has 4 heteroatoms. The molecule has 0 fully saturated rings. The standard InChI is InChI=1S/C9H13NO3/c1-13-7-3-2-6(4-5-10)8(11)9(7)12/h2-3,11-12H,4-5,10H2,1H3. The van der Waals surface area contributed by atoms with Crippen LogP contribution in [0.25, 0.3) is 0 Å². The van der Waals surface area contributed by atoms with Crippen molar-refractivity contribution in [2.75, 3.05) is 13.7 Å². The van der Waals surface area contributed by atoms with Gasteiger partial charge < -0.3 is 20.7 Å². The van der Waals surface area contributed by atoms with Crippen LogP contribution in [0.4, 0.5) is 0 Å². The van der Waals surface area contributed by atoms with E-state index in [2.05, 4.69) is 0 Å². The molecule has 1 rings (SSSR count). The van der Waals surface area contributed by atoms with Crippen LogP contribution in [0.1, 0.15) is 5.56 Å². The average molecular weight is 183 g/mol. The van der Waals surface area contributed by atoms with E-state index in [1.54, 1.807) is 12.1 Å². The molecule has 0 aliphatic carbocycles. The van der Waals surface area contributed by atoms with E-state index in [0.717, 1.165) is 0 Å². The molecule has 0 atom stereocenters. The smallest absolute Gasteiger partial charge is 0.200 e. The maximum absolute atomic E-state index is 9.46. The summed E-state index contributed by atoms with van der Waals surface area (Å²) >= 11 is 0. The minimum Gasteiger partial charge on any atom is -0.504 e. The van der Waals surface area contributed by atoms with E-state index in [1.807, 2.05) is 0 Å². The molecule has 0 aromatic heterocycles. The van der Waals surface area contributed by atoms with Gasteiger partial charge >= 0.3 is 0 Å². The van der Waals surface area contributed by atoms with Gasteiger partial charge in [0.15, 0.2) is 11.5 Å². The van der Waals surface area contributed by atoms with Crippen LogP contribution in [0.3, 0.4) is 0 Å². The first kappa shape index (κ1) is 9.67.